The molecule has 0 saturated heterocycles. The first-order chi connectivity index (χ1) is 14.0. The number of nitrogens with one attached hydrogen (secondary N) is 3. The lowest BCUT2D eigenvalue weighted by atomic mass is 9.97. The Kier molecular flexibility index (Phi) is 12.7. The van der Waals surface area contributed by atoms with Gasteiger partial charge in [0, 0.05) is 12.2 Å². The van der Waals surface area contributed by atoms with Crippen LogP contribution in [0.15, 0.2) is 0 Å². The smallest absolute Gasteiger partial charge is 0.326 e. The summed E-state index contributed by atoms with van der Waals surface area (Å²) in [7, 11) is 0. The van der Waals surface area contributed by atoms with Crippen molar-refractivity contribution in [2.75, 3.05) is 12.4 Å². The number of thiol groups is 1. The van der Waals surface area contributed by atoms with E-state index in [0.29, 0.717) is 6.42 Å². The quantitative estimate of drug-likeness (QED) is 0.133. The predicted octanol–water partition coefficient (Wildman–Crippen LogP) is -2.31. The minimum atomic E-state index is -1.44. The number of carboxylic acids is 2. The summed E-state index contributed by atoms with van der Waals surface area (Å²) in [6, 6.07) is -4.97. The first-order valence-electron chi connectivity index (χ1n) is 9.31. The van der Waals surface area contributed by atoms with Gasteiger partial charge < -0.3 is 37.0 Å². The van der Waals surface area contributed by atoms with Crippen molar-refractivity contribution in [1.82, 2.24) is 16.0 Å². The maximum Gasteiger partial charge on any atom is 0.326 e. The first kappa shape index (κ1) is 27.6. The second kappa shape index (κ2) is 13.8. The van der Waals surface area contributed by atoms with Gasteiger partial charge in [-0.3, -0.25) is 19.2 Å². The van der Waals surface area contributed by atoms with Crippen LogP contribution in [-0.4, -0.2) is 81.5 Å². The molecule has 0 saturated carbocycles. The van der Waals surface area contributed by atoms with Crippen LogP contribution in [0.2, 0.25) is 0 Å². The van der Waals surface area contributed by atoms with Crippen LogP contribution in [0.25, 0.3) is 0 Å². The number of amides is 3. The Morgan fingerprint density at radius 3 is 1.97 bits per heavy atom. The summed E-state index contributed by atoms with van der Waals surface area (Å²) in [6.07, 6.45) is -0.332. The molecule has 0 fully saturated rings. The molecule has 8 N–H and O–H groups in total. The molecular weight excluding hydrogens is 420 g/mol. The third kappa shape index (κ3) is 9.41. The average molecular weight is 451 g/mol. The molecule has 5 atom stereocenters. The van der Waals surface area contributed by atoms with E-state index < -0.39 is 72.8 Å². The second-order valence-electron chi connectivity index (χ2n) is 6.74. The Bertz CT molecular complexity index is 633. The first-order valence-corrected chi connectivity index (χ1v) is 9.94. The Morgan fingerprint density at radius 1 is 0.967 bits per heavy atom. The summed E-state index contributed by atoms with van der Waals surface area (Å²) >= 11 is 3.99. The zero-order chi connectivity index (χ0) is 23.4. The van der Waals surface area contributed by atoms with E-state index in [0.717, 1.165) is 0 Å². The highest BCUT2D eigenvalue weighted by Gasteiger charge is 2.32. The molecule has 12 nitrogen and oxygen atoms in total. The van der Waals surface area contributed by atoms with Crippen molar-refractivity contribution in [1.29, 1.82) is 0 Å². The van der Waals surface area contributed by atoms with E-state index in [1.54, 1.807) is 13.8 Å². The molecule has 0 aliphatic heterocycles. The van der Waals surface area contributed by atoms with Gasteiger partial charge in [-0.1, -0.05) is 20.3 Å². The standard InChI is InChI=1S/C17H30N4O8S/c1-3-8(2)13(16(27)19-10(17(28)29)4-5-12(23)24)21-15(26)11(7-30)20-14(25)9(18)6-22/h8-11,13,22,30H,3-7,18H2,1-2H3,(H,19,27)(H,20,25)(H,21,26)(H,23,24)(H,28,29). The van der Waals surface area contributed by atoms with E-state index in [2.05, 4.69) is 28.6 Å². The van der Waals surface area contributed by atoms with Crippen molar-refractivity contribution in [3.05, 3.63) is 0 Å². The van der Waals surface area contributed by atoms with Gasteiger partial charge in [-0.2, -0.15) is 12.6 Å². The molecule has 30 heavy (non-hydrogen) atoms. The van der Waals surface area contributed by atoms with E-state index in [9.17, 15) is 29.1 Å². The number of carbonyl (C=O) groups excluding carboxylic acids is 3. The highest BCUT2D eigenvalue weighted by Crippen LogP contribution is 2.10. The monoisotopic (exact) mass is 450 g/mol. The Labute approximate surface area is 179 Å². The number of hydrogen-bond acceptors (Lipinski definition) is 8. The fraction of sp³-hybridized carbons (Fsp3) is 0.706. The van der Waals surface area contributed by atoms with E-state index in [4.69, 9.17) is 15.9 Å². The van der Waals surface area contributed by atoms with Gasteiger partial charge in [0.2, 0.25) is 17.7 Å². The van der Waals surface area contributed by atoms with Crippen LogP contribution in [0.3, 0.4) is 0 Å². The van der Waals surface area contributed by atoms with Crippen molar-refractivity contribution in [3.63, 3.8) is 0 Å². The molecule has 0 aromatic carbocycles. The van der Waals surface area contributed by atoms with Crippen molar-refractivity contribution in [3.8, 4) is 0 Å². The summed E-state index contributed by atoms with van der Waals surface area (Å²) in [5, 5.41) is 33.9. The normalized spacial score (nSPS) is 15.8. The largest absolute Gasteiger partial charge is 0.481 e. The molecule has 5 unspecified atom stereocenters. The van der Waals surface area contributed by atoms with Crippen LogP contribution in [0.4, 0.5) is 0 Å². The van der Waals surface area contributed by atoms with Crippen LogP contribution in [-0.2, 0) is 24.0 Å². The summed E-state index contributed by atoms with van der Waals surface area (Å²) in [6.45, 7) is 2.79. The maximum absolute atomic E-state index is 12.6. The third-order valence-corrected chi connectivity index (χ3v) is 4.77. The molecule has 0 radical (unpaired) electrons. The zero-order valence-corrected chi connectivity index (χ0v) is 17.7. The topological polar surface area (TPSA) is 208 Å². The van der Waals surface area contributed by atoms with E-state index >= 15 is 0 Å². The minimum absolute atomic E-state index is 0.124. The van der Waals surface area contributed by atoms with Gasteiger partial charge in [0.15, 0.2) is 0 Å². The van der Waals surface area contributed by atoms with Crippen LogP contribution in [0.1, 0.15) is 33.1 Å². The van der Waals surface area contributed by atoms with Gasteiger partial charge in [0.05, 0.1) is 6.61 Å². The van der Waals surface area contributed by atoms with Crippen LogP contribution < -0.4 is 21.7 Å². The van der Waals surface area contributed by atoms with Gasteiger partial charge in [-0.15, -0.1) is 0 Å². The van der Waals surface area contributed by atoms with E-state index in [1.165, 1.54) is 0 Å². The Hall–Kier alpha value is -2.38. The van der Waals surface area contributed by atoms with E-state index in [-0.39, 0.29) is 12.2 Å². The minimum Gasteiger partial charge on any atom is -0.481 e. The van der Waals surface area contributed by atoms with Gasteiger partial charge in [-0.25, -0.2) is 4.79 Å². The summed E-state index contributed by atoms with van der Waals surface area (Å²) in [5.41, 5.74) is 5.39. The molecule has 0 aromatic heterocycles. The molecule has 0 aromatic rings. The van der Waals surface area contributed by atoms with Crippen LogP contribution in [0.5, 0.6) is 0 Å². The predicted molar refractivity (Wildman–Crippen MR) is 109 cm³/mol. The molecule has 0 bridgehead atoms. The number of hydrogen-bond donors (Lipinski definition) is 8. The van der Waals surface area contributed by atoms with Gasteiger partial charge in [-0.05, 0) is 12.3 Å². The highest BCUT2D eigenvalue weighted by molar-refractivity contribution is 7.80. The lowest BCUT2D eigenvalue weighted by Gasteiger charge is -2.27. The summed E-state index contributed by atoms with van der Waals surface area (Å²) in [5.74, 6) is -5.48. The van der Waals surface area contributed by atoms with Gasteiger partial charge in [0.25, 0.3) is 0 Å². The zero-order valence-electron chi connectivity index (χ0n) is 16.8. The molecule has 0 rings (SSSR count). The molecule has 3 amide bonds. The summed E-state index contributed by atoms with van der Waals surface area (Å²) < 4.78 is 0. The maximum atomic E-state index is 12.6. The molecule has 0 spiro atoms. The van der Waals surface area contributed by atoms with Crippen molar-refractivity contribution >= 4 is 42.3 Å². The number of carboxylic acid groups (broad SMARTS) is 2. The molecule has 0 heterocycles. The third-order valence-electron chi connectivity index (χ3n) is 4.40. The number of aliphatic hydroxyl groups excluding tert-OH is 1. The number of aliphatic hydroxyl groups is 1. The average Bonchev–Trinajstić information content (AvgIpc) is 2.70. The van der Waals surface area contributed by atoms with Gasteiger partial charge in [0.1, 0.15) is 24.2 Å². The fourth-order valence-electron chi connectivity index (χ4n) is 2.30. The number of rotatable bonds is 14. The molecule has 172 valence electrons. The number of nitrogens with two attached hydrogens (primary N) is 1. The highest BCUT2D eigenvalue weighted by atomic mass is 32.1. The number of carbonyl (C=O) groups is 5. The van der Waals surface area contributed by atoms with Gasteiger partial charge >= 0.3 is 11.9 Å². The van der Waals surface area contributed by atoms with Crippen LogP contribution >= 0.6 is 12.6 Å². The molecule has 0 aliphatic rings. The van der Waals surface area contributed by atoms with Crippen LogP contribution in [0, 0.1) is 5.92 Å². The van der Waals surface area contributed by atoms with Crippen molar-refractivity contribution in [2.45, 2.75) is 57.3 Å². The molecule has 13 heteroatoms. The summed E-state index contributed by atoms with van der Waals surface area (Å²) in [4.78, 5) is 59.0. The lowest BCUT2D eigenvalue weighted by molar-refractivity contribution is -0.143. The number of aliphatic carboxylic acids is 2. The SMILES string of the molecule is CCC(C)C(NC(=O)C(CS)NC(=O)C(N)CO)C(=O)NC(CCC(=O)O)C(=O)O. The Balaban J connectivity index is 5.31. The fourth-order valence-corrected chi connectivity index (χ4v) is 2.56. The molecule has 0 aliphatic carbocycles. The lowest BCUT2D eigenvalue weighted by Crippen LogP contribution is -2.59. The Morgan fingerprint density at radius 2 is 1.53 bits per heavy atom. The van der Waals surface area contributed by atoms with Crippen molar-refractivity contribution < 1.29 is 39.3 Å². The van der Waals surface area contributed by atoms with Crippen molar-refractivity contribution in [2.24, 2.45) is 11.7 Å². The molecular formula is C17H30N4O8S. The second-order valence-corrected chi connectivity index (χ2v) is 7.10. The van der Waals surface area contributed by atoms with E-state index in [1.807, 2.05) is 0 Å².